The molecule has 1 fully saturated rings. The lowest BCUT2D eigenvalue weighted by Gasteiger charge is -2.20. The van der Waals surface area contributed by atoms with Crippen LogP contribution in [0.3, 0.4) is 0 Å². The number of carbonyl (C=O) groups excluding carboxylic acids is 2. The number of carbonyl (C=O) groups is 2. The number of nitrogens with one attached hydrogen (secondary N) is 2. The summed E-state index contributed by atoms with van der Waals surface area (Å²) in [4.78, 5) is 24.4. The van der Waals surface area contributed by atoms with Gasteiger partial charge in [0.05, 0.1) is 7.11 Å². The highest BCUT2D eigenvalue weighted by Crippen LogP contribution is 2.28. The first-order chi connectivity index (χ1) is 11.6. The molecule has 2 N–H and O–H groups in total. The molecule has 1 aliphatic carbocycles. The summed E-state index contributed by atoms with van der Waals surface area (Å²) in [5, 5.41) is 0.818. The number of hydrogen-bond donors (Lipinski definition) is 2. The second-order valence-electron chi connectivity index (χ2n) is 6.20. The number of amides is 2. The van der Waals surface area contributed by atoms with Crippen molar-refractivity contribution in [3.05, 3.63) is 29.5 Å². The Bertz CT molecular complexity index is 760. The highest BCUT2D eigenvalue weighted by atomic mass is 16.5. The van der Waals surface area contributed by atoms with E-state index in [9.17, 15) is 9.59 Å². The van der Waals surface area contributed by atoms with Crippen molar-refractivity contribution < 1.29 is 18.7 Å². The molecule has 0 unspecified atom stereocenters. The molecule has 1 saturated carbocycles. The summed E-state index contributed by atoms with van der Waals surface area (Å²) in [6.07, 6.45) is 5.07. The van der Waals surface area contributed by atoms with Crippen molar-refractivity contribution in [1.29, 1.82) is 0 Å². The van der Waals surface area contributed by atoms with Gasteiger partial charge in [0.2, 0.25) is 5.91 Å². The van der Waals surface area contributed by atoms with Gasteiger partial charge < -0.3 is 9.15 Å². The number of hydrazine groups is 1. The third-order valence-electron chi connectivity index (χ3n) is 4.62. The van der Waals surface area contributed by atoms with Crippen LogP contribution in [0.4, 0.5) is 0 Å². The van der Waals surface area contributed by atoms with Crippen LogP contribution in [0.15, 0.2) is 22.6 Å². The summed E-state index contributed by atoms with van der Waals surface area (Å²) >= 11 is 0. The Hall–Kier alpha value is -2.50. The quantitative estimate of drug-likeness (QED) is 0.848. The standard InChI is InChI=1S/C18H22N2O4/c1-11-14-10-13(23-2)8-9-15(14)24-16(11)18(22)20-19-17(21)12-6-4-3-5-7-12/h8-10,12H,3-7H2,1-2H3,(H,19,21)(H,20,22). The maximum atomic E-state index is 12.3. The van der Waals surface area contributed by atoms with Gasteiger partial charge in [-0.15, -0.1) is 0 Å². The molecule has 2 amide bonds. The zero-order valence-electron chi connectivity index (χ0n) is 14.0. The average molecular weight is 330 g/mol. The van der Waals surface area contributed by atoms with E-state index in [1.807, 2.05) is 13.0 Å². The van der Waals surface area contributed by atoms with Crippen LogP contribution in [0.2, 0.25) is 0 Å². The minimum absolute atomic E-state index is 0.0138. The van der Waals surface area contributed by atoms with E-state index in [0.717, 1.165) is 31.1 Å². The van der Waals surface area contributed by atoms with Crippen molar-refractivity contribution in [3.8, 4) is 5.75 Å². The fourth-order valence-corrected chi connectivity index (χ4v) is 3.19. The van der Waals surface area contributed by atoms with E-state index in [4.69, 9.17) is 9.15 Å². The van der Waals surface area contributed by atoms with Gasteiger partial charge in [-0.05, 0) is 38.0 Å². The number of rotatable bonds is 3. The SMILES string of the molecule is COc1ccc2oc(C(=O)NNC(=O)C3CCCCC3)c(C)c2c1. The molecule has 1 aromatic heterocycles. The number of aryl methyl sites for hydroxylation is 1. The van der Waals surface area contributed by atoms with Gasteiger partial charge in [0.15, 0.2) is 5.76 Å². The van der Waals surface area contributed by atoms with Gasteiger partial charge in [0.1, 0.15) is 11.3 Å². The third-order valence-corrected chi connectivity index (χ3v) is 4.62. The molecule has 0 radical (unpaired) electrons. The van der Waals surface area contributed by atoms with Crippen molar-refractivity contribution in [2.75, 3.05) is 7.11 Å². The third kappa shape index (κ3) is 3.22. The van der Waals surface area contributed by atoms with Crippen LogP contribution in [-0.4, -0.2) is 18.9 Å². The molecule has 0 bridgehead atoms. The van der Waals surface area contributed by atoms with Gasteiger partial charge >= 0.3 is 5.91 Å². The van der Waals surface area contributed by atoms with Crippen LogP contribution in [0.25, 0.3) is 11.0 Å². The molecule has 1 heterocycles. The zero-order chi connectivity index (χ0) is 17.1. The molecule has 0 atom stereocenters. The summed E-state index contributed by atoms with van der Waals surface area (Å²) in [6.45, 7) is 1.81. The largest absolute Gasteiger partial charge is 0.497 e. The Morgan fingerprint density at radius 2 is 1.92 bits per heavy atom. The Labute approximate surface area is 140 Å². The Morgan fingerprint density at radius 1 is 1.17 bits per heavy atom. The number of furan rings is 1. The molecule has 1 aliphatic rings. The summed E-state index contributed by atoms with van der Waals surface area (Å²) < 4.78 is 10.8. The first-order valence-corrected chi connectivity index (χ1v) is 8.27. The smallest absolute Gasteiger partial charge is 0.305 e. The molecule has 2 aromatic rings. The van der Waals surface area contributed by atoms with Gasteiger partial charge in [-0.3, -0.25) is 20.4 Å². The summed E-state index contributed by atoms with van der Waals surface area (Å²) in [5.41, 5.74) is 6.31. The van der Waals surface area contributed by atoms with Gasteiger partial charge in [0.25, 0.3) is 0 Å². The van der Waals surface area contributed by atoms with Crippen molar-refractivity contribution in [1.82, 2.24) is 10.9 Å². The molecule has 6 heteroatoms. The Kier molecular flexibility index (Phi) is 4.74. The normalized spacial score (nSPS) is 15.2. The topological polar surface area (TPSA) is 80.6 Å². The number of ether oxygens (including phenoxy) is 1. The molecule has 128 valence electrons. The summed E-state index contributed by atoms with van der Waals surface area (Å²) in [7, 11) is 1.59. The van der Waals surface area contributed by atoms with E-state index in [-0.39, 0.29) is 17.6 Å². The van der Waals surface area contributed by atoms with Crippen LogP contribution in [0, 0.1) is 12.8 Å². The molecule has 0 spiro atoms. The lowest BCUT2D eigenvalue weighted by atomic mass is 9.89. The predicted molar refractivity (Wildman–Crippen MR) is 89.7 cm³/mol. The second-order valence-corrected chi connectivity index (χ2v) is 6.20. The lowest BCUT2D eigenvalue weighted by Crippen LogP contribution is -2.45. The van der Waals surface area contributed by atoms with E-state index in [0.29, 0.717) is 16.9 Å². The molecule has 3 rings (SSSR count). The maximum absolute atomic E-state index is 12.3. The highest BCUT2D eigenvalue weighted by Gasteiger charge is 2.23. The highest BCUT2D eigenvalue weighted by molar-refractivity contribution is 5.99. The summed E-state index contributed by atoms with van der Waals surface area (Å²) in [6, 6.07) is 5.36. The van der Waals surface area contributed by atoms with E-state index >= 15 is 0 Å². The molecule has 0 saturated heterocycles. The maximum Gasteiger partial charge on any atom is 0.305 e. The van der Waals surface area contributed by atoms with Crippen molar-refractivity contribution >= 4 is 22.8 Å². The molecule has 0 aliphatic heterocycles. The molecule has 6 nitrogen and oxygen atoms in total. The van der Waals surface area contributed by atoms with Crippen LogP contribution in [0.1, 0.15) is 48.2 Å². The van der Waals surface area contributed by atoms with Crippen molar-refractivity contribution in [2.45, 2.75) is 39.0 Å². The zero-order valence-corrected chi connectivity index (χ0v) is 14.0. The Morgan fingerprint density at radius 3 is 2.62 bits per heavy atom. The monoisotopic (exact) mass is 330 g/mol. The van der Waals surface area contributed by atoms with Crippen LogP contribution in [-0.2, 0) is 4.79 Å². The first kappa shape index (κ1) is 16.4. The molecular formula is C18H22N2O4. The van der Waals surface area contributed by atoms with E-state index in [2.05, 4.69) is 10.9 Å². The van der Waals surface area contributed by atoms with E-state index < -0.39 is 5.91 Å². The molecular weight excluding hydrogens is 308 g/mol. The van der Waals surface area contributed by atoms with Gasteiger partial charge in [-0.2, -0.15) is 0 Å². The number of fused-ring (bicyclic) bond motifs is 1. The minimum atomic E-state index is -0.452. The average Bonchev–Trinajstić information content (AvgIpc) is 2.96. The minimum Gasteiger partial charge on any atom is -0.497 e. The molecule has 1 aromatic carbocycles. The summed E-state index contributed by atoms with van der Waals surface area (Å²) in [5.74, 6) is 0.302. The number of hydrogen-bond acceptors (Lipinski definition) is 4. The van der Waals surface area contributed by atoms with Gasteiger partial charge in [-0.1, -0.05) is 19.3 Å². The molecule has 24 heavy (non-hydrogen) atoms. The number of methoxy groups -OCH3 is 1. The van der Waals surface area contributed by atoms with Gasteiger partial charge in [-0.25, -0.2) is 0 Å². The van der Waals surface area contributed by atoms with E-state index in [1.54, 1.807) is 19.2 Å². The fourth-order valence-electron chi connectivity index (χ4n) is 3.19. The van der Waals surface area contributed by atoms with E-state index in [1.165, 1.54) is 6.42 Å². The lowest BCUT2D eigenvalue weighted by molar-refractivity contribution is -0.126. The van der Waals surface area contributed by atoms with Gasteiger partial charge in [0, 0.05) is 16.9 Å². The number of benzene rings is 1. The van der Waals surface area contributed by atoms with Crippen LogP contribution in [0.5, 0.6) is 5.75 Å². The fraction of sp³-hybridized carbons (Fsp3) is 0.444. The second kappa shape index (κ2) is 6.95. The van der Waals surface area contributed by atoms with Crippen molar-refractivity contribution in [2.24, 2.45) is 5.92 Å². The Balaban J connectivity index is 1.69. The first-order valence-electron chi connectivity index (χ1n) is 8.27. The predicted octanol–water partition coefficient (Wildman–Crippen LogP) is 3.09. The van der Waals surface area contributed by atoms with Crippen LogP contribution >= 0.6 is 0 Å². The van der Waals surface area contributed by atoms with Crippen molar-refractivity contribution in [3.63, 3.8) is 0 Å². The van der Waals surface area contributed by atoms with Crippen LogP contribution < -0.4 is 15.6 Å².